The number of halogens is 1. The van der Waals surface area contributed by atoms with Crippen LogP contribution in [0.5, 0.6) is 0 Å². The average Bonchev–Trinajstić information content (AvgIpc) is 2.76. The van der Waals surface area contributed by atoms with Crippen molar-refractivity contribution in [1.82, 2.24) is 14.8 Å². The Morgan fingerprint density at radius 3 is 2.80 bits per heavy atom. The molecule has 0 atom stereocenters. The van der Waals surface area contributed by atoms with Crippen LogP contribution in [0.25, 0.3) is 0 Å². The van der Waals surface area contributed by atoms with Gasteiger partial charge in [0.15, 0.2) is 11.0 Å². The Hall–Kier alpha value is -1.80. The minimum absolute atomic E-state index is 0.0592. The Morgan fingerprint density at radius 1 is 1.50 bits per heavy atom. The Labute approximate surface area is 121 Å². The second-order valence-corrected chi connectivity index (χ2v) is 6.20. The molecular formula is C11H14ClN5O2S. The van der Waals surface area contributed by atoms with Crippen LogP contribution < -0.4 is 10.5 Å². The second kappa shape index (κ2) is 5.29. The first-order valence-electron chi connectivity index (χ1n) is 5.81. The molecular weight excluding hydrogens is 302 g/mol. The molecule has 2 heterocycles. The Balaban J connectivity index is 2.40. The molecule has 0 spiro atoms. The van der Waals surface area contributed by atoms with E-state index in [2.05, 4.69) is 14.8 Å². The molecule has 0 aliphatic rings. The molecule has 0 amide bonds. The van der Waals surface area contributed by atoms with Gasteiger partial charge >= 0.3 is 0 Å². The SMILES string of the molecule is CCn1cc(S(=O)(=O)Nc2cc(C)cnc2Cl)c(N)n1. The molecule has 7 nitrogen and oxygen atoms in total. The van der Waals surface area contributed by atoms with Crippen molar-refractivity contribution >= 4 is 33.1 Å². The van der Waals surface area contributed by atoms with E-state index in [9.17, 15) is 8.42 Å². The molecule has 0 unspecified atom stereocenters. The predicted molar refractivity (Wildman–Crippen MR) is 77.1 cm³/mol. The smallest absolute Gasteiger partial charge is 0.267 e. The molecule has 2 aromatic rings. The second-order valence-electron chi connectivity index (χ2n) is 4.19. The number of hydrogen-bond acceptors (Lipinski definition) is 5. The molecule has 2 rings (SSSR count). The van der Waals surface area contributed by atoms with Crippen molar-refractivity contribution in [3.63, 3.8) is 0 Å². The number of nitrogens with zero attached hydrogens (tertiary/aromatic N) is 3. The lowest BCUT2D eigenvalue weighted by atomic mass is 10.3. The minimum atomic E-state index is -3.86. The Morgan fingerprint density at radius 2 is 2.20 bits per heavy atom. The lowest BCUT2D eigenvalue weighted by molar-refractivity contribution is 0.600. The molecule has 0 saturated heterocycles. The lowest BCUT2D eigenvalue weighted by Gasteiger charge is -2.08. The highest BCUT2D eigenvalue weighted by molar-refractivity contribution is 7.92. The van der Waals surface area contributed by atoms with Crippen molar-refractivity contribution in [3.05, 3.63) is 29.2 Å². The monoisotopic (exact) mass is 315 g/mol. The highest BCUT2D eigenvalue weighted by Gasteiger charge is 2.22. The number of nitrogens with two attached hydrogens (primary N) is 1. The topological polar surface area (TPSA) is 103 Å². The van der Waals surface area contributed by atoms with Crippen molar-refractivity contribution < 1.29 is 8.42 Å². The van der Waals surface area contributed by atoms with Crippen molar-refractivity contribution in [2.75, 3.05) is 10.5 Å². The fourth-order valence-corrected chi connectivity index (χ4v) is 2.95. The van der Waals surface area contributed by atoms with E-state index in [4.69, 9.17) is 17.3 Å². The van der Waals surface area contributed by atoms with Crippen LogP contribution >= 0.6 is 11.6 Å². The standard InChI is InChI=1S/C11H14ClN5O2S/c1-3-17-6-9(11(13)15-17)20(18,19)16-8-4-7(2)5-14-10(8)12/h4-6,16H,3H2,1-2H3,(H2,13,15). The zero-order valence-corrected chi connectivity index (χ0v) is 12.5. The van der Waals surface area contributed by atoms with E-state index in [0.29, 0.717) is 6.54 Å². The molecule has 20 heavy (non-hydrogen) atoms. The summed E-state index contributed by atoms with van der Waals surface area (Å²) in [6.07, 6.45) is 2.92. The number of aromatic nitrogens is 3. The molecule has 0 radical (unpaired) electrons. The third-order valence-corrected chi connectivity index (χ3v) is 4.27. The van der Waals surface area contributed by atoms with Crippen molar-refractivity contribution in [2.24, 2.45) is 0 Å². The fraction of sp³-hybridized carbons (Fsp3) is 0.273. The maximum Gasteiger partial charge on any atom is 0.267 e. The summed E-state index contributed by atoms with van der Waals surface area (Å²) in [6, 6.07) is 1.59. The van der Waals surface area contributed by atoms with Crippen molar-refractivity contribution in [2.45, 2.75) is 25.3 Å². The molecule has 0 bridgehead atoms. The first kappa shape index (κ1) is 14.6. The van der Waals surface area contributed by atoms with Gasteiger partial charge in [0.2, 0.25) is 0 Å². The molecule has 3 N–H and O–H groups in total. The number of nitrogen functional groups attached to an aromatic ring is 1. The Bertz CT molecular complexity index is 741. The van der Waals surface area contributed by atoms with Crippen LogP contribution in [0, 0.1) is 6.92 Å². The van der Waals surface area contributed by atoms with E-state index >= 15 is 0 Å². The zero-order valence-electron chi connectivity index (χ0n) is 11.0. The van der Waals surface area contributed by atoms with Gasteiger partial charge in [-0.2, -0.15) is 5.10 Å². The highest BCUT2D eigenvalue weighted by atomic mass is 35.5. The van der Waals surface area contributed by atoms with E-state index in [0.717, 1.165) is 5.56 Å². The van der Waals surface area contributed by atoms with E-state index in [1.165, 1.54) is 10.9 Å². The fourth-order valence-electron chi connectivity index (χ4n) is 1.61. The van der Waals surface area contributed by atoms with Gasteiger partial charge in [0, 0.05) is 18.9 Å². The summed E-state index contributed by atoms with van der Waals surface area (Å²) in [4.78, 5) is 3.80. The average molecular weight is 316 g/mol. The van der Waals surface area contributed by atoms with Crippen LogP contribution in [0.15, 0.2) is 23.4 Å². The van der Waals surface area contributed by atoms with Crippen LogP contribution in [0.4, 0.5) is 11.5 Å². The van der Waals surface area contributed by atoms with Crippen LogP contribution in [0.1, 0.15) is 12.5 Å². The highest BCUT2D eigenvalue weighted by Crippen LogP contribution is 2.25. The van der Waals surface area contributed by atoms with Gasteiger partial charge in [-0.15, -0.1) is 0 Å². The number of pyridine rings is 1. The first-order valence-corrected chi connectivity index (χ1v) is 7.67. The van der Waals surface area contributed by atoms with E-state index < -0.39 is 10.0 Å². The van der Waals surface area contributed by atoms with Crippen LogP contribution in [-0.4, -0.2) is 23.2 Å². The third kappa shape index (κ3) is 2.86. The molecule has 0 aliphatic heterocycles. The van der Waals surface area contributed by atoms with Gasteiger partial charge in [-0.3, -0.25) is 9.40 Å². The third-order valence-electron chi connectivity index (χ3n) is 2.59. The number of aryl methyl sites for hydroxylation is 2. The molecule has 9 heteroatoms. The molecule has 108 valence electrons. The number of nitrogens with one attached hydrogen (secondary N) is 1. The van der Waals surface area contributed by atoms with Crippen LogP contribution in [-0.2, 0) is 16.6 Å². The van der Waals surface area contributed by atoms with Gasteiger partial charge in [-0.1, -0.05) is 11.6 Å². The van der Waals surface area contributed by atoms with Crippen molar-refractivity contribution in [3.8, 4) is 0 Å². The van der Waals surface area contributed by atoms with Crippen LogP contribution in [0.2, 0.25) is 5.15 Å². The minimum Gasteiger partial charge on any atom is -0.381 e. The number of anilines is 2. The first-order chi connectivity index (χ1) is 9.33. The van der Waals surface area contributed by atoms with Gasteiger partial charge < -0.3 is 5.73 Å². The van der Waals surface area contributed by atoms with E-state index in [1.54, 1.807) is 19.2 Å². The van der Waals surface area contributed by atoms with Gasteiger partial charge in [0.05, 0.1) is 5.69 Å². The molecule has 0 saturated carbocycles. The summed E-state index contributed by atoms with van der Waals surface area (Å²) in [5.41, 5.74) is 6.61. The van der Waals surface area contributed by atoms with Gasteiger partial charge in [-0.25, -0.2) is 13.4 Å². The normalized spacial score (nSPS) is 11.6. The van der Waals surface area contributed by atoms with Gasteiger partial charge in [0.25, 0.3) is 10.0 Å². The summed E-state index contributed by atoms with van der Waals surface area (Å²) in [6.45, 7) is 4.13. The van der Waals surface area contributed by atoms with Gasteiger partial charge in [-0.05, 0) is 25.5 Å². The summed E-state index contributed by atoms with van der Waals surface area (Å²) in [5.74, 6) is -0.0592. The number of sulfonamides is 1. The molecule has 0 fully saturated rings. The van der Waals surface area contributed by atoms with E-state index in [1.807, 2.05) is 6.92 Å². The quantitative estimate of drug-likeness (QED) is 0.835. The molecule has 0 aliphatic carbocycles. The number of rotatable bonds is 4. The summed E-state index contributed by atoms with van der Waals surface area (Å²) < 4.78 is 28.4. The summed E-state index contributed by atoms with van der Waals surface area (Å²) >= 11 is 5.87. The summed E-state index contributed by atoms with van der Waals surface area (Å²) in [7, 11) is -3.86. The predicted octanol–water partition coefficient (Wildman–Crippen LogP) is 1.64. The van der Waals surface area contributed by atoms with Gasteiger partial charge in [0.1, 0.15) is 4.90 Å². The largest absolute Gasteiger partial charge is 0.381 e. The van der Waals surface area contributed by atoms with E-state index in [-0.39, 0.29) is 21.6 Å². The van der Waals surface area contributed by atoms with Crippen LogP contribution in [0.3, 0.4) is 0 Å². The molecule has 0 aromatic carbocycles. The lowest BCUT2D eigenvalue weighted by Crippen LogP contribution is -2.14. The summed E-state index contributed by atoms with van der Waals surface area (Å²) in [5, 5.41) is 3.97. The number of hydrogen-bond donors (Lipinski definition) is 2. The zero-order chi connectivity index (χ0) is 14.9. The van der Waals surface area contributed by atoms with Crippen molar-refractivity contribution in [1.29, 1.82) is 0 Å². The Kier molecular flexibility index (Phi) is 3.87. The maximum atomic E-state index is 12.3. The maximum absolute atomic E-state index is 12.3. The molecule has 2 aromatic heterocycles.